The van der Waals surface area contributed by atoms with Crippen LogP contribution in [0.1, 0.15) is 122 Å². The van der Waals surface area contributed by atoms with Crippen LogP contribution in [0.25, 0.3) is 39.0 Å². The Bertz CT molecular complexity index is 3430. The van der Waals surface area contributed by atoms with Crippen molar-refractivity contribution in [3.63, 3.8) is 0 Å². The summed E-state index contributed by atoms with van der Waals surface area (Å²) in [7, 11) is 0. The first-order valence-corrected chi connectivity index (χ1v) is 22.9. The third-order valence-corrected chi connectivity index (χ3v) is 14.9. The smallest absolute Gasteiger partial charge is 0.381 e. The van der Waals surface area contributed by atoms with Gasteiger partial charge in [0.1, 0.15) is 22.9 Å². The number of nitrogens with one attached hydrogen (secondary N) is 1. The molecule has 0 unspecified atom stereocenters. The Balaban J connectivity index is 0.948. The van der Waals surface area contributed by atoms with E-state index < -0.39 is 28.8 Å². The van der Waals surface area contributed by atoms with Crippen LogP contribution in [0.2, 0.25) is 0 Å². The number of benzene rings is 2. The lowest BCUT2D eigenvalue weighted by Gasteiger charge is -2.34. The molecular formula is C48H45F2N11O5. The molecule has 3 atom stereocenters. The summed E-state index contributed by atoms with van der Waals surface area (Å²) in [5.74, 6) is -0.819. The molecule has 6 aromatic heterocycles. The maximum absolute atomic E-state index is 16.4. The number of rotatable bonds is 9. The zero-order chi connectivity index (χ0) is 44.7. The van der Waals surface area contributed by atoms with Crippen LogP contribution in [0.5, 0.6) is 0 Å². The molecule has 8 aromatic rings. The van der Waals surface area contributed by atoms with Gasteiger partial charge in [-0.15, -0.1) is 0 Å². The number of hydrogen-bond acceptors (Lipinski definition) is 9. The van der Waals surface area contributed by atoms with Crippen molar-refractivity contribution in [2.75, 3.05) is 19.8 Å². The van der Waals surface area contributed by atoms with Crippen molar-refractivity contribution in [1.82, 2.24) is 53.3 Å². The van der Waals surface area contributed by atoms with Crippen molar-refractivity contribution in [1.29, 1.82) is 0 Å². The monoisotopic (exact) mass is 893 g/mol. The van der Waals surface area contributed by atoms with Gasteiger partial charge in [0.05, 0.1) is 58.0 Å². The van der Waals surface area contributed by atoms with Gasteiger partial charge >= 0.3 is 11.4 Å². The molecule has 0 bridgehead atoms. The first-order chi connectivity index (χ1) is 32.1. The van der Waals surface area contributed by atoms with E-state index in [4.69, 9.17) is 19.3 Å². The summed E-state index contributed by atoms with van der Waals surface area (Å²) in [6, 6.07) is 11.9. The molecule has 0 radical (unpaired) electrons. The fraction of sp³-hybridized carbons (Fsp3) is 0.396. The van der Waals surface area contributed by atoms with Crippen LogP contribution in [0.3, 0.4) is 0 Å². The quantitative estimate of drug-likeness (QED) is 0.159. The van der Waals surface area contributed by atoms with E-state index in [-0.39, 0.29) is 41.2 Å². The lowest BCUT2D eigenvalue weighted by atomic mass is 9.95. The first kappa shape index (κ1) is 39.4. The Labute approximate surface area is 374 Å². The van der Waals surface area contributed by atoms with Crippen molar-refractivity contribution in [3.05, 3.63) is 134 Å². The predicted octanol–water partition coefficient (Wildman–Crippen LogP) is 7.12. The van der Waals surface area contributed by atoms with E-state index >= 15 is 13.6 Å². The third-order valence-electron chi connectivity index (χ3n) is 14.9. The number of carbonyl (C=O) groups is 1. The number of nitrogens with zero attached hydrogens (tertiary/aromatic N) is 10. The molecule has 1 saturated heterocycles. The minimum Gasteiger partial charge on any atom is -0.381 e. The van der Waals surface area contributed by atoms with Crippen LogP contribution in [-0.4, -0.2) is 79.0 Å². The Morgan fingerprint density at radius 2 is 1.71 bits per heavy atom. The van der Waals surface area contributed by atoms with E-state index in [9.17, 15) is 9.59 Å². The topological polar surface area (TPSA) is 169 Å². The van der Waals surface area contributed by atoms with Crippen molar-refractivity contribution < 1.29 is 22.8 Å². The van der Waals surface area contributed by atoms with Crippen LogP contribution in [0.15, 0.2) is 81.4 Å². The van der Waals surface area contributed by atoms with Crippen molar-refractivity contribution in [2.24, 2.45) is 5.92 Å². The highest BCUT2D eigenvalue weighted by molar-refractivity contribution is 5.99. The average Bonchev–Trinajstić information content (AvgIpc) is 4.26. The number of fused-ring (bicyclic) bond motifs is 3. The zero-order valence-corrected chi connectivity index (χ0v) is 36.3. The summed E-state index contributed by atoms with van der Waals surface area (Å²) < 4.78 is 50.6. The van der Waals surface area contributed by atoms with Crippen LogP contribution in [-0.2, 0) is 16.7 Å². The van der Waals surface area contributed by atoms with E-state index in [1.54, 1.807) is 40.0 Å². The normalized spacial score (nSPS) is 22.2. The largest absolute Gasteiger partial charge is 0.438 e. The van der Waals surface area contributed by atoms with E-state index in [2.05, 4.69) is 21.3 Å². The fourth-order valence-electron chi connectivity index (χ4n) is 11.0. The second-order valence-electron chi connectivity index (χ2n) is 18.9. The molecule has 66 heavy (non-hydrogen) atoms. The maximum atomic E-state index is 16.4. The highest BCUT2D eigenvalue weighted by Gasteiger charge is 2.59. The molecule has 1 amide bonds. The summed E-state index contributed by atoms with van der Waals surface area (Å²) in [6.45, 7) is 5.57. The van der Waals surface area contributed by atoms with Gasteiger partial charge in [0.25, 0.3) is 5.91 Å². The Kier molecular flexibility index (Phi) is 8.52. The highest BCUT2D eigenvalue weighted by atomic mass is 19.1. The number of imidazole rings is 1. The van der Waals surface area contributed by atoms with E-state index in [0.717, 1.165) is 55.1 Å². The fourth-order valence-corrected chi connectivity index (χ4v) is 11.0. The van der Waals surface area contributed by atoms with Gasteiger partial charge in [-0.1, -0.05) is 12.1 Å². The third kappa shape index (κ3) is 5.85. The molecule has 18 heteroatoms. The van der Waals surface area contributed by atoms with Gasteiger partial charge in [-0.2, -0.15) is 10.2 Å². The van der Waals surface area contributed by atoms with Gasteiger partial charge < -0.3 is 14.2 Å². The van der Waals surface area contributed by atoms with Crippen LogP contribution in [0, 0.1) is 17.6 Å². The molecule has 3 saturated carbocycles. The lowest BCUT2D eigenvalue weighted by molar-refractivity contribution is 0.0663. The number of aromatic nitrogens is 10. The second-order valence-corrected chi connectivity index (χ2v) is 18.9. The molecule has 3 aliphatic carbocycles. The number of carbonyl (C=O) groups excluding carboxylic acids is 1. The molecule has 16 nitrogen and oxygen atoms in total. The van der Waals surface area contributed by atoms with Crippen LogP contribution in [0.4, 0.5) is 8.78 Å². The van der Waals surface area contributed by atoms with Gasteiger partial charge in [0.2, 0.25) is 0 Å². The van der Waals surface area contributed by atoms with Crippen molar-refractivity contribution in [2.45, 2.75) is 94.7 Å². The highest BCUT2D eigenvalue weighted by Crippen LogP contribution is 2.56. The molecule has 2 aliphatic heterocycles. The maximum Gasteiger partial charge on any atom is 0.438 e. The second kappa shape index (κ2) is 14.3. The standard InChI is InChI=1S/C48H45F2N11O5/c1-25-22-48(25,45-53-46(63)66-55-45)59-39(20-29-19-36(51-24-40(29)59)28-12-17-65-18-13-28)44(62)56-14-11-35-41(26(56)2)43(61(54-35)31-7-8-34(49)32(21-31)27-3-4-27)58-16-15-57(47(58)64)38-10-9-37-33(42(38)50)23-52-60(37)30-5-6-30/h7-10,15-16,19-21,23-28,30H,3-6,11-14,17-18,22H2,1-2H3,(H,53,55,63)/t25-,26-,48-/m0/s1. The van der Waals surface area contributed by atoms with E-state index in [0.29, 0.717) is 83.3 Å². The molecule has 13 rings (SSSR count). The van der Waals surface area contributed by atoms with E-state index in [1.807, 2.05) is 35.4 Å². The van der Waals surface area contributed by atoms with Gasteiger partial charge in [0.15, 0.2) is 11.6 Å². The molecule has 8 heterocycles. The summed E-state index contributed by atoms with van der Waals surface area (Å²) in [6.07, 6.45) is 12.8. The van der Waals surface area contributed by atoms with Gasteiger partial charge in [-0.25, -0.2) is 23.1 Å². The Hall–Kier alpha value is -6.95. The number of H-pyrrole nitrogens is 1. The molecule has 336 valence electrons. The SMILES string of the molecule is C[C@H]1c2c(nn(-c3ccc(F)c(C4CC4)c3)c2-n2ccn(-c3ccc4c(cnn4C4CC4)c3F)c2=O)CCN1C(=O)c1cc2cc(C3CCOCC3)ncc2n1[C@@]1(c2noc(=O)[nH]2)C[C@@H]1C. The number of amides is 1. The molecular weight excluding hydrogens is 849 g/mol. The summed E-state index contributed by atoms with van der Waals surface area (Å²) in [5, 5.41) is 14.9. The minimum atomic E-state index is -0.881. The van der Waals surface area contributed by atoms with Crippen LogP contribution < -0.4 is 11.4 Å². The molecule has 0 spiro atoms. The van der Waals surface area contributed by atoms with Crippen molar-refractivity contribution in [3.8, 4) is 17.2 Å². The molecule has 5 aliphatic rings. The minimum absolute atomic E-state index is 0.0159. The van der Waals surface area contributed by atoms with E-state index in [1.165, 1.54) is 27.6 Å². The summed E-state index contributed by atoms with van der Waals surface area (Å²) >= 11 is 0. The van der Waals surface area contributed by atoms with Crippen molar-refractivity contribution >= 4 is 27.7 Å². The summed E-state index contributed by atoms with van der Waals surface area (Å²) in [4.78, 5) is 52.2. The number of ether oxygens (including phenoxy) is 1. The van der Waals surface area contributed by atoms with Gasteiger partial charge in [-0.05, 0) is 112 Å². The molecule has 4 fully saturated rings. The van der Waals surface area contributed by atoms with Gasteiger partial charge in [-0.3, -0.25) is 33.1 Å². The first-order valence-electron chi connectivity index (χ1n) is 22.9. The zero-order valence-electron chi connectivity index (χ0n) is 36.3. The lowest BCUT2D eigenvalue weighted by Crippen LogP contribution is -2.41. The average molecular weight is 894 g/mol. The number of pyridine rings is 1. The number of aromatic amines is 1. The molecule has 1 N–H and O–H groups in total. The summed E-state index contributed by atoms with van der Waals surface area (Å²) in [5.41, 5.74) is 3.82. The Morgan fingerprint density at radius 1 is 0.909 bits per heavy atom. The van der Waals surface area contributed by atoms with Crippen LogP contribution >= 0.6 is 0 Å². The Morgan fingerprint density at radius 3 is 2.45 bits per heavy atom. The molecule has 2 aromatic carbocycles. The van der Waals surface area contributed by atoms with Gasteiger partial charge in [0, 0.05) is 61.1 Å². The predicted molar refractivity (Wildman–Crippen MR) is 236 cm³/mol. The number of hydrogen-bond donors (Lipinski definition) is 1. The number of halogens is 2.